The number of carbonyl (C=O) groups excluding carboxylic acids is 1. The van der Waals surface area contributed by atoms with Gasteiger partial charge in [0.05, 0.1) is 13.2 Å². The molecule has 1 rings (SSSR count). The quantitative estimate of drug-likeness (QED) is 0.0516. The van der Waals surface area contributed by atoms with Crippen LogP contribution >= 0.6 is 23.8 Å². The normalized spacial score (nSPS) is 19.5. The van der Waals surface area contributed by atoms with E-state index in [1.165, 1.54) is 36.0 Å². The number of allylic oxidation sites excluding steroid dienone is 17. The van der Waals surface area contributed by atoms with Crippen molar-refractivity contribution in [3.8, 4) is 0 Å². The number of rotatable bonds is 17. The van der Waals surface area contributed by atoms with Gasteiger partial charge in [0.2, 0.25) is 0 Å². The van der Waals surface area contributed by atoms with Gasteiger partial charge in [-0.3, -0.25) is 9.05 Å². The summed E-state index contributed by atoms with van der Waals surface area (Å²) in [6, 6.07) is 0. The highest BCUT2D eigenvalue weighted by molar-refractivity contribution is 9.09. The number of phosphoric acid groups is 1. The topological polar surface area (TPSA) is 102 Å². The summed E-state index contributed by atoms with van der Waals surface area (Å²) in [5.41, 5.74) is 6.89. The van der Waals surface area contributed by atoms with E-state index in [-0.39, 0.29) is 18.6 Å². The van der Waals surface area contributed by atoms with Crippen LogP contribution in [0.1, 0.15) is 67.7 Å². The molecule has 0 fully saturated rings. The van der Waals surface area contributed by atoms with E-state index in [0.717, 1.165) is 11.1 Å². The molecule has 2 unspecified atom stereocenters. The first-order chi connectivity index (χ1) is 20.7. The lowest BCUT2D eigenvalue weighted by molar-refractivity contribution is -0.142. The second-order valence-corrected chi connectivity index (χ2v) is 13.7. The molecule has 1 aliphatic carbocycles. The van der Waals surface area contributed by atoms with Gasteiger partial charge in [0, 0.05) is 10.9 Å². The summed E-state index contributed by atoms with van der Waals surface area (Å²) >= 11 is 3.06. The molecule has 44 heavy (non-hydrogen) atoms. The number of esters is 1. The van der Waals surface area contributed by atoms with E-state index in [1.54, 1.807) is 19.1 Å². The molecule has 2 atom stereocenters. The van der Waals surface area contributed by atoms with Crippen LogP contribution in [-0.4, -0.2) is 47.2 Å². The maximum atomic E-state index is 12.1. The number of phosphoric ester groups is 1. The van der Waals surface area contributed by atoms with Crippen LogP contribution in [0.25, 0.3) is 0 Å². The molecule has 0 amide bonds. The Balaban J connectivity index is 2.53. The van der Waals surface area contributed by atoms with Crippen molar-refractivity contribution in [3.63, 3.8) is 0 Å². The van der Waals surface area contributed by atoms with Crippen molar-refractivity contribution in [2.45, 2.75) is 73.8 Å². The van der Waals surface area contributed by atoms with Crippen LogP contribution < -0.4 is 0 Å². The van der Waals surface area contributed by atoms with Crippen LogP contribution in [0.2, 0.25) is 0 Å². The second-order valence-electron chi connectivity index (χ2n) is 11.5. The maximum absolute atomic E-state index is 12.1. The van der Waals surface area contributed by atoms with E-state index in [9.17, 15) is 19.4 Å². The average Bonchev–Trinajstić information content (AvgIpc) is 2.95. The number of ether oxygens (including phenoxy) is 1. The van der Waals surface area contributed by atoms with Gasteiger partial charge in [0.15, 0.2) is 0 Å². The van der Waals surface area contributed by atoms with Gasteiger partial charge < -0.3 is 14.7 Å². The van der Waals surface area contributed by atoms with E-state index < -0.39 is 26.5 Å². The van der Waals surface area contributed by atoms with Crippen LogP contribution in [-0.2, 0) is 23.1 Å². The minimum absolute atomic E-state index is 0.0242. The number of hydrogen-bond donors (Lipinski definition) is 2. The third-order valence-electron chi connectivity index (χ3n) is 6.80. The van der Waals surface area contributed by atoms with Gasteiger partial charge >= 0.3 is 13.8 Å². The van der Waals surface area contributed by atoms with Gasteiger partial charge in [0.25, 0.3) is 0 Å². The molecule has 0 saturated heterocycles. The molecule has 0 aromatic carbocycles. The third kappa shape index (κ3) is 17.2. The summed E-state index contributed by atoms with van der Waals surface area (Å²) in [6.07, 6.45) is 26.3. The molecule has 9 heteroatoms. The van der Waals surface area contributed by atoms with E-state index >= 15 is 0 Å². The van der Waals surface area contributed by atoms with Gasteiger partial charge in [-0.2, -0.15) is 0 Å². The molecule has 0 aliphatic heterocycles. The van der Waals surface area contributed by atoms with E-state index in [4.69, 9.17) is 4.74 Å². The van der Waals surface area contributed by atoms with Crippen molar-refractivity contribution >= 4 is 29.7 Å². The number of aliphatic hydroxyl groups excluding tert-OH is 1. The fourth-order valence-electron chi connectivity index (χ4n) is 4.27. The molecular formula is C35H50BrO7P. The lowest BCUT2D eigenvalue weighted by Crippen LogP contribution is -2.23. The van der Waals surface area contributed by atoms with Gasteiger partial charge in [-0.1, -0.05) is 125 Å². The molecule has 0 radical (unpaired) electrons. The Morgan fingerprint density at radius 3 is 2.09 bits per heavy atom. The molecule has 1 aliphatic rings. The third-order valence-corrected chi connectivity index (χ3v) is 8.11. The van der Waals surface area contributed by atoms with E-state index in [2.05, 4.69) is 90.0 Å². The first-order valence-corrected chi connectivity index (χ1v) is 17.4. The highest BCUT2D eigenvalue weighted by Crippen LogP contribution is 2.43. The number of carbonyl (C=O) groups is 1. The standard InChI is InChI=1S/C35H50BrO7P/c1-27(15-10-16-29(3)20-21-33-30(4)19-12-22-35(33,6)7)13-8-9-14-28(2)17-11-18-31(5)34(38)41-25-32(37)26-43-44(39,40)42-24-23-36/h8-11,13-18,20-21,32,37H,12,19,22-26H2,1-7H3,(H,39,40)/b9-8+,15-10+,17-11+,21-20+,27-13+,28-14+,29-16+,31-18+. The first kappa shape index (κ1) is 39.7. The number of halogens is 1. The Morgan fingerprint density at radius 2 is 1.50 bits per heavy atom. The Labute approximate surface area is 272 Å². The minimum Gasteiger partial charge on any atom is -0.459 e. The maximum Gasteiger partial charge on any atom is 0.472 e. The van der Waals surface area contributed by atoms with Crippen LogP contribution in [0.5, 0.6) is 0 Å². The summed E-state index contributed by atoms with van der Waals surface area (Å²) in [4.78, 5) is 21.6. The fourth-order valence-corrected chi connectivity index (χ4v) is 5.44. The highest BCUT2D eigenvalue weighted by Gasteiger charge is 2.26. The fraction of sp³-hybridized carbons (Fsp3) is 0.457. The Bertz CT molecular complexity index is 1280. The van der Waals surface area contributed by atoms with Crippen molar-refractivity contribution in [1.82, 2.24) is 0 Å². The molecular weight excluding hydrogens is 643 g/mol. The summed E-state index contributed by atoms with van der Waals surface area (Å²) in [5.74, 6) is -0.617. The zero-order valence-corrected chi connectivity index (χ0v) is 29.7. The van der Waals surface area contributed by atoms with Crippen molar-refractivity contribution < 1.29 is 33.1 Å². The molecule has 0 heterocycles. The summed E-state index contributed by atoms with van der Waals surface area (Å²) in [7, 11) is -4.26. The number of alkyl halides is 1. The highest BCUT2D eigenvalue weighted by atomic mass is 79.9. The van der Waals surface area contributed by atoms with Crippen LogP contribution in [0.4, 0.5) is 0 Å². The Kier molecular flexibility index (Phi) is 18.6. The van der Waals surface area contributed by atoms with Crippen LogP contribution in [0.3, 0.4) is 0 Å². The molecule has 0 spiro atoms. The van der Waals surface area contributed by atoms with Crippen molar-refractivity contribution in [2.24, 2.45) is 5.41 Å². The lowest BCUT2D eigenvalue weighted by Gasteiger charge is -2.32. The average molecular weight is 694 g/mol. The monoisotopic (exact) mass is 692 g/mol. The number of hydrogen-bond acceptors (Lipinski definition) is 6. The van der Waals surface area contributed by atoms with Gasteiger partial charge in [-0.25, -0.2) is 9.36 Å². The van der Waals surface area contributed by atoms with Crippen molar-refractivity contribution in [2.75, 3.05) is 25.2 Å². The van der Waals surface area contributed by atoms with Gasteiger partial charge in [-0.15, -0.1) is 0 Å². The molecule has 0 aromatic rings. The zero-order valence-electron chi connectivity index (χ0n) is 27.2. The molecule has 0 aromatic heterocycles. The molecule has 244 valence electrons. The minimum atomic E-state index is -4.26. The molecule has 0 saturated carbocycles. The predicted octanol–water partition coefficient (Wildman–Crippen LogP) is 8.96. The van der Waals surface area contributed by atoms with E-state index in [0.29, 0.717) is 10.9 Å². The first-order valence-electron chi connectivity index (χ1n) is 14.8. The smallest absolute Gasteiger partial charge is 0.459 e. The summed E-state index contributed by atoms with van der Waals surface area (Å²) in [6.45, 7) is 13.7. The second kappa shape index (κ2) is 20.7. The van der Waals surface area contributed by atoms with Gasteiger partial charge in [0.1, 0.15) is 12.7 Å². The van der Waals surface area contributed by atoms with Crippen LogP contribution in [0.15, 0.2) is 106 Å². The Hall–Kier alpha value is -2.32. The van der Waals surface area contributed by atoms with E-state index in [1.807, 2.05) is 37.3 Å². The lowest BCUT2D eigenvalue weighted by atomic mass is 9.72. The van der Waals surface area contributed by atoms with Gasteiger partial charge in [-0.05, 0) is 64.9 Å². The molecule has 2 N–H and O–H groups in total. The Morgan fingerprint density at radius 1 is 0.932 bits per heavy atom. The summed E-state index contributed by atoms with van der Waals surface area (Å²) < 4.78 is 25.9. The van der Waals surface area contributed by atoms with Crippen LogP contribution in [0, 0.1) is 5.41 Å². The predicted molar refractivity (Wildman–Crippen MR) is 184 cm³/mol. The number of aliphatic hydroxyl groups is 1. The van der Waals surface area contributed by atoms with Crippen molar-refractivity contribution in [1.29, 1.82) is 0 Å². The molecule has 7 nitrogen and oxygen atoms in total. The SMILES string of the molecule is CC1=C(/C=C/C(C)=C/C=C/C(C)=C/C=C/C=C(C)/C=C/C=C(\C)C(=O)OCC(O)COP(=O)(O)OCCBr)C(C)(C)CCC1. The molecule has 0 bridgehead atoms. The zero-order chi connectivity index (χ0) is 33.2. The summed E-state index contributed by atoms with van der Waals surface area (Å²) in [5, 5.41) is 10.2. The van der Waals surface area contributed by atoms with Crippen molar-refractivity contribution in [3.05, 3.63) is 106 Å². The largest absolute Gasteiger partial charge is 0.472 e.